The number of carbonyl (C=O) groups is 11. The number of phenolic OH excluding ortho intramolecular Hbond substituents is 1. The number of aldehydes is 1. The first kappa shape index (κ1) is 143. The molecule has 149 heavy (non-hydrogen) atoms. The van der Waals surface area contributed by atoms with E-state index in [0.717, 1.165) is 28.8 Å². The molecule has 0 unspecified atom stereocenters. The molecule has 10 rings (SSSR count). The van der Waals surface area contributed by atoms with E-state index in [1.807, 2.05) is 6.92 Å². The summed E-state index contributed by atoms with van der Waals surface area (Å²) in [4.78, 5) is 125. The number of methoxy groups -OCH3 is 9. The minimum Gasteiger partial charge on any atom is -0.870 e. The van der Waals surface area contributed by atoms with E-state index in [1.165, 1.54) is 167 Å². The van der Waals surface area contributed by atoms with Gasteiger partial charge in [0.05, 0.1) is 156 Å². The van der Waals surface area contributed by atoms with Crippen LogP contribution in [-0.2, 0) is 38.1 Å². The van der Waals surface area contributed by atoms with Gasteiger partial charge in [-0.3, -0.25) is 43.4 Å². The number of Topliss-reactive ketones (excluding diaryl/α,β-unsaturated/α-hetero) is 3. The molecule has 0 atom stereocenters. The van der Waals surface area contributed by atoms with Crippen molar-refractivity contribution in [3.63, 3.8) is 0 Å². The number of hydrazone groups is 1. The van der Waals surface area contributed by atoms with Gasteiger partial charge in [-0.2, -0.15) is 5.10 Å². The van der Waals surface area contributed by atoms with Crippen molar-refractivity contribution in [2.45, 2.75) is 66.7 Å². The van der Waals surface area contributed by atoms with Crippen LogP contribution in [0.1, 0.15) is 145 Å². The van der Waals surface area contributed by atoms with Crippen molar-refractivity contribution in [1.29, 1.82) is 0 Å². The number of phenols is 1. The zero-order valence-corrected chi connectivity index (χ0v) is 91.2. The second-order valence-corrected chi connectivity index (χ2v) is 30.3. The first-order chi connectivity index (χ1) is 70.0. The molecule has 0 aliphatic heterocycles. The van der Waals surface area contributed by atoms with E-state index in [1.54, 1.807) is 116 Å². The molecule has 818 valence electrons. The van der Waals surface area contributed by atoms with Gasteiger partial charge in [0.2, 0.25) is 11.8 Å². The number of esters is 4. The molecule has 48 heteroatoms. The molecular weight excluding hydrogens is 2090 g/mol. The summed E-state index contributed by atoms with van der Waals surface area (Å²) in [5, 5.41) is 88.7. The van der Waals surface area contributed by atoms with Crippen molar-refractivity contribution in [2.75, 3.05) is 182 Å². The third-order valence-corrected chi connectivity index (χ3v) is 20.1. The maximum atomic E-state index is 13.8. The maximum absolute atomic E-state index is 13.8. The number of fused-ring (bicyclic) bond motifs is 2. The van der Waals surface area contributed by atoms with Crippen molar-refractivity contribution in [3.8, 4) is 69.0 Å². The number of benzene rings is 8. The average molecular weight is 2230 g/mol. The number of thiophene rings is 2. The number of carbonyl (C=O) groups excluding carboxylic acids is 10. The van der Waals surface area contributed by atoms with Crippen LogP contribution in [-0.4, -0.2) is 315 Å². The number of rotatable bonds is 42. The zero-order valence-electron chi connectivity index (χ0n) is 84.8. The van der Waals surface area contributed by atoms with Gasteiger partial charge in [-0.15, -0.1) is 22.7 Å². The summed E-state index contributed by atoms with van der Waals surface area (Å²) in [6.45, 7) is 7.12. The van der Waals surface area contributed by atoms with E-state index in [9.17, 15) is 66.6 Å². The van der Waals surface area contributed by atoms with E-state index < -0.39 is 23.9 Å². The molecule has 2 amide bonds. The van der Waals surface area contributed by atoms with Crippen LogP contribution in [0.4, 0.5) is 8.78 Å². The number of aromatic carboxylic acids is 1. The molecule has 10 aromatic rings. The quantitative estimate of drug-likeness (QED) is 0.00163. The number of hydrazine groups is 1. The molecule has 2 aromatic heterocycles. The summed E-state index contributed by atoms with van der Waals surface area (Å²) in [6, 6.07) is 37.0. The van der Waals surface area contributed by atoms with Crippen LogP contribution in [0.2, 0.25) is 0 Å². The third kappa shape index (κ3) is 55.0. The van der Waals surface area contributed by atoms with Crippen molar-refractivity contribution in [1.82, 2.24) is 10.0 Å². The Labute approximate surface area is 921 Å². The van der Waals surface area contributed by atoms with Gasteiger partial charge in [-0.05, 0) is 142 Å². The second kappa shape index (κ2) is 85.3. The molecule has 0 bridgehead atoms. The van der Waals surface area contributed by atoms with Gasteiger partial charge >= 0.3 is 81.2 Å². The van der Waals surface area contributed by atoms with Gasteiger partial charge < -0.3 is 134 Å². The standard InChI is InChI=1S/C23H23FN2O5S.C14H20N2O5.C14H18O6.C11H14O5.C10H12O5.C9H5FOS.C9H10O4.C4H9NO2.C2H5BrO.C2H7N.C2H6O.CH4.K.H2O/c1-26(25-13-16-14-32-23-17(16)4-3-5-18(23)24)22(29)9-7-19(28)15-6-8-20(31-11-10-27)21(12-15)30-2;1-16(15)14(19)6-4-11(18)10-3-5-12(21-8-7-17)13(9-10)20-2;1-18-13-9-10(3-5-12(13)20-8-7-15)11(16)4-6-14(17)19-2;1-14-10-7-8(11(13)15-2)3-4-9(10)16-6-5-12;1-14-9-6-7(10(12)13)2-3-8(9)15-5-4-11;10-8-3-1-2-7-6(4-11)5-12-9(7)8;1-12-8-5-6(9(11)13-2)3-4-7(8)10;1-2-7-4(6)3-5;3-1-2-4;2*1-2-3;;;/h3-6,8,12-14,27H,7,9-11H2,1-2H3;3,5,9,17H,4,6-8,15H2,1-2H3;3,5,9,15H,4,6-8H2,1-2H3;3-4,7,12H,5-6H2,1-2H3;2-3,6,11H,4-5H2,1H3,(H,12,13);1-5H;3-5,10H,1-2H3;2-3,5H2,1H3;4H,1-2H2;2-3H2,1H3;3H,2H2,1H3;1H4;;1H2/q;;;;;;;;;;;;+1;/p-1/b25-13+;;;;;;;;;;;;;. The Morgan fingerprint density at radius 2 is 0.738 bits per heavy atom. The Kier molecular flexibility index (Phi) is 81.7. The number of hydrogen-bond acceptors (Lipinski definition) is 41. The van der Waals surface area contributed by atoms with Crippen LogP contribution in [0.15, 0.2) is 161 Å². The number of ether oxygens (including phenoxy) is 15. The zero-order chi connectivity index (χ0) is 110. The van der Waals surface area contributed by atoms with Gasteiger partial charge in [0.25, 0.3) is 0 Å². The number of aromatic hydroxyl groups is 1. The summed E-state index contributed by atoms with van der Waals surface area (Å²) >= 11 is 5.53. The largest absolute Gasteiger partial charge is 1.00 e. The number of alkyl halides is 1. The van der Waals surface area contributed by atoms with Gasteiger partial charge in [0, 0.05) is 107 Å². The number of carboxylic acids is 1. The molecular formula is C101H134BrF2KN6O36S2. The molecule has 0 radical (unpaired) electrons. The maximum Gasteiger partial charge on any atom is 1.00 e. The Morgan fingerprint density at radius 3 is 1.04 bits per heavy atom. The van der Waals surface area contributed by atoms with Gasteiger partial charge in [-0.25, -0.2) is 34.0 Å². The SMILES string of the molecule is C.CCN.CCO.CCOC(=O)CN.COC(=O)CCC(=O)c1ccc(OCCO)c(OC)c1.COC(=O)c1ccc(O)c(OC)c1.COC(=O)c1ccc(OCCO)c(OC)c1.COc1cc(C(=O)CCC(=O)N(C)/N=C/c2csc3c(F)cccc23)ccc1OCCO.COc1cc(C(=O)CCC(=O)N(C)N)ccc1OCCO.COc1cc(C(=O)O)ccc1OCCO.O=Cc1csc2c(F)cccc12.OCCBr.[K+].[OH-]. The molecule has 0 spiro atoms. The second-order valence-electron chi connectivity index (χ2n) is 27.8. The molecule has 8 aromatic carbocycles. The molecule has 0 saturated heterocycles. The summed E-state index contributed by atoms with van der Waals surface area (Å²) < 4.78 is 103. The smallest absolute Gasteiger partial charge is 0.870 e. The Morgan fingerprint density at radius 1 is 0.430 bits per heavy atom. The fourth-order valence-corrected chi connectivity index (χ4v) is 12.6. The van der Waals surface area contributed by atoms with E-state index in [2.05, 4.69) is 40.0 Å². The van der Waals surface area contributed by atoms with Crippen molar-refractivity contribution in [2.24, 2.45) is 22.4 Å². The number of halogens is 3. The molecule has 0 saturated carbocycles. The van der Waals surface area contributed by atoms with Crippen molar-refractivity contribution in [3.05, 3.63) is 212 Å². The van der Waals surface area contributed by atoms with Crippen LogP contribution in [0, 0.1) is 11.6 Å². The Bertz CT molecular complexity index is 5640. The molecule has 0 aliphatic carbocycles. The minimum atomic E-state index is -1.03. The first-order valence-corrected chi connectivity index (χ1v) is 46.9. The fraction of sp³-hybridized carbons (Fsp3) is 0.366. The minimum absolute atomic E-state index is 0. The Balaban J connectivity index is -0.000000814. The van der Waals surface area contributed by atoms with Crippen LogP contribution in [0.25, 0.3) is 20.2 Å². The van der Waals surface area contributed by atoms with E-state index in [-0.39, 0.29) is 252 Å². The van der Waals surface area contributed by atoms with Gasteiger partial charge in [-0.1, -0.05) is 54.5 Å². The van der Waals surface area contributed by atoms with Gasteiger partial charge in [0.15, 0.2) is 92.6 Å². The number of aliphatic hydroxyl groups is 7. The monoisotopic (exact) mass is 2230 g/mol. The van der Waals surface area contributed by atoms with E-state index >= 15 is 0 Å². The van der Waals surface area contributed by atoms with E-state index in [4.69, 9.17) is 110 Å². The predicted octanol–water partition coefficient (Wildman–Crippen LogP) is 8.41. The van der Waals surface area contributed by atoms with E-state index in [0.29, 0.717) is 118 Å². The Hall–Kier alpha value is -12.5. The molecule has 0 fully saturated rings. The topological polar surface area (TPSA) is 635 Å². The number of carboxylic acid groups (broad SMARTS) is 1. The number of nitrogens with zero attached hydrogens (tertiary/aromatic N) is 3. The van der Waals surface area contributed by atoms with Crippen LogP contribution in [0.5, 0.6) is 69.0 Å². The fourth-order valence-electron chi connectivity index (χ4n) is 10.8. The molecule has 42 nitrogen and oxygen atoms in total. The summed E-state index contributed by atoms with van der Waals surface area (Å²) in [5.74, 6) is 5.23. The molecule has 16 N–H and O–H groups in total. The number of aliphatic hydroxyl groups excluding tert-OH is 7. The normalized spacial score (nSPS) is 9.66. The third-order valence-electron chi connectivity index (χ3n) is 17.7. The first-order valence-electron chi connectivity index (χ1n) is 44.0. The van der Waals surface area contributed by atoms with Crippen LogP contribution >= 0.6 is 38.6 Å². The number of nitrogens with two attached hydrogens (primary N) is 3. The van der Waals surface area contributed by atoms with Crippen molar-refractivity contribution >= 4 is 130 Å². The number of hydrogen-bond donors (Lipinski definition) is 12. The number of ketones is 3. The van der Waals surface area contributed by atoms with Crippen LogP contribution in [0.3, 0.4) is 0 Å². The predicted molar refractivity (Wildman–Crippen MR) is 554 cm³/mol. The summed E-state index contributed by atoms with van der Waals surface area (Å²) in [5.41, 5.74) is 13.1. The summed E-state index contributed by atoms with van der Waals surface area (Å²) in [6.07, 6.45) is 2.48. The van der Waals surface area contributed by atoms with Gasteiger partial charge in [0.1, 0.15) is 44.7 Å². The van der Waals surface area contributed by atoms with Crippen LogP contribution < -0.4 is 121 Å². The molecule has 2 heterocycles. The summed E-state index contributed by atoms with van der Waals surface area (Å²) in [7, 11) is 15.5. The molecule has 0 aliphatic rings. The number of amides is 2. The average Bonchev–Trinajstić information content (AvgIpc) is 1.67. The van der Waals surface area contributed by atoms with Crippen molar-refractivity contribution < 1.29 is 235 Å².